The van der Waals surface area contributed by atoms with Gasteiger partial charge in [0.15, 0.2) is 0 Å². The van der Waals surface area contributed by atoms with Crippen molar-refractivity contribution in [2.24, 2.45) is 0 Å². The number of aromatic amines is 1. The second-order valence-electron chi connectivity index (χ2n) is 7.22. The number of rotatable bonds is 10. The lowest BCUT2D eigenvalue weighted by atomic mass is 9.93. The topological polar surface area (TPSA) is 79.4 Å². The molecule has 0 saturated heterocycles. The average molecular weight is 536 g/mol. The molecule has 0 aliphatic heterocycles. The highest BCUT2D eigenvalue weighted by Crippen LogP contribution is 2.35. The Morgan fingerprint density at radius 3 is 2.26 bits per heavy atom. The first-order valence-electron chi connectivity index (χ1n) is 11.0. The summed E-state index contributed by atoms with van der Waals surface area (Å²) in [4.78, 5) is 27.5. The Kier molecular flexibility index (Phi) is 10.6. The number of carboxylic acids is 1. The Hall–Kier alpha value is -2.84. The van der Waals surface area contributed by atoms with E-state index in [-0.39, 0.29) is 27.9 Å². The van der Waals surface area contributed by atoms with Crippen LogP contribution in [0.2, 0.25) is 0 Å². The van der Waals surface area contributed by atoms with Crippen LogP contribution in [0, 0.1) is 18.6 Å². The van der Waals surface area contributed by atoms with E-state index in [1.807, 2.05) is 26.0 Å². The molecule has 0 aliphatic rings. The SMILES string of the molecule is CC.Cc1c(F)ccc(F)c1-c1c(C(=O)O)c[nH]c1C(=O)c1ccc(CCCOCCBr)cc1. The van der Waals surface area contributed by atoms with Crippen LogP contribution < -0.4 is 0 Å². The molecule has 0 atom stereocenters. The molecule has 2 N–H and O–H groups in total. The highest BCUT2D eigenvalue weighted by Gasteiger charge is 2.27. The molecule has 8 heteroatoms. The van der Waals surface area contributed by atoms with Crippen molar-refractivity contribution in [2.75, 3.05) is 18.5 Å². The number of alkyl halides is 1. The van der Waals surface area contributed by atoms with Gasteiger partial charge >= 0.3 is 5.97 Å². The van der Waals surface area contributed by atoms with Crippen molar-refractivity contribution in [1.82, 2.24) is 4.98 Å². The molecule has 34 heavy (non-hydrogen) atoms. The number of carbonyl (C=O) groups excluding carboxylic acids is 1. The van der Waals surface area contributed by atoms with Crippen LogP contribution in [0.5, 0.6) is 0 Å². The van der Waals surface area contributed by atoms with Gasteiger partial charge in [-0.1, -0.05) is 54.0 Å². The van der Waals surface area contributed by atoms with Gasteiger partial charge in [0.25, 0.3) is 0 Å². The zero-order valence-corrected chi connectivity index (χ0v) is 21.0. The Bertz CT molecular complexity index is 1130. The number of carboxylic acid groups (broad SMARTS) is 1. The highest BCUT2D eigenvalue weighted by atomic mass is 79.9. The van der Waals surface area contributed by atoms with Crippen LogP contribution in [0.4, 0.5) is 8.78 Å². The number of aromatic carboxylic acids is 1. The van der Waals surface area contributed by atoms with Gasteiger partial charge in [-0.2, -0.15) is 0 Å². The van der Waals surface area contributed by atoms with Gasteiger partial charge < -0.3 is 14.8 Å². The van der Waals surface area contributed by atoms with E-state index < -0.39 is 23.4 Å². The standard InChI is InChI=1S/C24H22BrF2NO4.C2H6/c1-14-18(26)8-9-19(27)20(14)21-17(24(30)31)13-28-22(21)23(29)16-6-4-15(5-7-16)3-2-11-32-12-10-25;1-2/h4-9,13,28H,2-3,10-12H2,1H3,(H,30,31);1-2H3. The number of carbonyl (C=O) groups is 2. The number of nitrogens with one attached hydrogen (secondary N) is 1. The number of hydrogen-bond donors (Lipinski definition) is 2. The fraction of sp³-hybridized carbons (Fsp3) is 0.308. The Labute approximate surface area is 206 Å². The smallest absolute Gasteiger partial charge is 0.337 e. The summed E-state index contributed by atoms with van der Waals surface area (Å²) in [6, 6.07) is 8.78. The minimum atomic E-state index is -1.35. The van der Waals surface area contributed by atoms with Crippen LogP contribution in [-0.2, 0) is 11.2 Å². The molecule has 0 aliphatic carbocycles. The largest absolute Gasteiger partial charge is 0.478 e. The van der Waals surface area contributed by atoms with E-state index in [1.54, 1.807) is 12.1 Å². The molecule has 3 aromatic rings. The molecule has 0 radical (unpaired) electrons. The number of hydrogen-bond acceptors (Lipinski definition) is 3. The molecular formula is C26H28BrF2NO4. The molecule has 0 spiro atoms. The van der Waals surface area contributed by atoms with E-state index in [0.717, 1.165) is 42.1 Å². The first kappa shape index (κ1) is 27.4. The first-order valence-corrected chi connectivity index (χ1v) is 12.1. The van der Waals surface area contributed by atoms with Crippen molar-refractivity contribution < 1.29 is 28.2 Å². The molecule has 1 aromatic heterocycles. The zero-order valence-electron chi connectivity index (χ0n) is 19.4. The Morgan fingerprint density at radius 2 is 1.65 bits per heavy atom. The third-order valence-corrected chi connectivity index (χ3v) is 5.45. The number of halogens is 3. The van der Waals surface area contributed by atoms with Gasteiger partial charge in [0.2, 0.25) is 5.78 Å². The lowest BCUT2D eigenvalue weighted by molar-refractivity contribution is 0.0698. The van der Waals surface area contributed by atoms with Gasteiger partial charge in [0.05, 0.1) is 17.9 Å². The molecule has 1 heterocycles. The second-order valence-corrected chi connectivity index (χ2v) is 8.01. The normalized spacial score (nSPS) is 10.5. The van der Waals surface area contributed by atoms with Gasteiger partial charge in [-0.25, -0.2) is 13.6 Å². The fourth-order valence-electron chi connectivity index (χ4n) is 3.49. The quantitative estimate of drug-likeness (QED) is 0.175. The summed E-state index contributed by atoms with van der Waals surface area (Å²) in [5.41, 5.74) is 0.440. The van der Waals surface area contributed by atoms with Crippen molar-refractivity contribution in [1.29, 1.82) is 0 Å². The fourth-order valence-corrected chi connectivity index (χ4v) is 3.72. The van der Waals surface area contributed by atoms with Crippen LogP contribution in [0.25, 0.3) is 11.1 Å². The third kappa shape index (κ3) is 6.39. The van der Waals surface area contributed by atoms with E-state index in [9.17, 15) is 23.5 Å². The van der Waals surface area contributed by atoms with Gasteiger partial charge in [-0.15, -0.1) is 0 Å². The number of ketones is 1. The molecule has 0 bridgehead atoms. The Morgan fingerprint density at radius 1 is 1.00 bits per heavy atom. The van der Waals surface area contributed by atoms with E-state index >= 15 is 0 Å². The maximum atomic E-state index is 14.6. The molecule has 2 aromatic carbocycles. The van der Waals surface area contributed by atoms with Crippen molar-refractivity contribution in [3.8, 4) is 11.1 Å². The number of H-pyrrole nitrogens is 1. The molecule has 182 valence electrons. The predicted octanol–water partition coefficient (Wildman–Crippen LogP) is 6.57. The van der Waals surface area contributed by atoms with Gasteiger partial charge in [-0.3, -0.25) is 4.79 Å². The highest BCUT2D eigenvalue weighted by molar-refractivity contribution is 9.09. The van der Waals surface area contributed by atoms with Gasteiger partial charge in [0, 0.05) is 34.8 Å². The minimum Gasteiger partial charge on any atom is -0.478 e. The predicted molar refractivity (Wildman–Crippen MR) is 132 cm³/mol. The van der Waals surface area contributed by atoms with Gasteiger partial charge in [0.1, 0.15) is 11.6 Å². The Balaban J connectivity index is 0.00000199. The second kappa shape index (κ2) is 13.2. The maximum Gasteiger partial charge on any atom is 0.337 e. The van der Waals surface area contributed by atoms with Crippen LogP contribution in [-0.4, -0.2) is 40.4 Å². The van der Waals surface area contributed by atoms with Crippen molar-refractivity contribution in [2.45, 2.75) is 33.6 Å². The number of benzene rings is 2. The number of aromatic nitrogens is 1. The van der Waals surface area contributed by atoms with E-state index in [4.69, 9.17) is 4.74 Å². The lowest BCUT2D eigenvalue weighted by Crippen LogP contribution is -2.07. The molecule has 3 rings (SSSR count). The van der Waals surface area contributed by atoms with E-state index in [2.05, 4.69) is 20.9 Å². The van der Waals surface area contributed by atoms with Crippen LogP contribution >= 0.6 is 15.9 Å². The lowest BCUT2D eigenvalue weighted by Gasteiger charge is -2.11. The summed E-state index contributed by atoms with van der Waals surface area (Å²) < 4.78 is 34.2. The van der Waals surface area contributed by atoms with Crippen LogP contribution in [0.15, 0.2) is 42.6 Å². The van der Waals surface area contributed by atoms with E-state index in [1.165, 1.54) is 6.92 Å². The average Bonchev–Trinajstić information content (AvgIpc) is 3.28. The van der Waals surface area contributed by atoms with Crippen molar-refractivity contribution in [3.05, 3.63) is 82.2 Å². The zero-order chi connectivity index (χ0) is 25.3. The van der Waals surface area contributed by atoms with Crippen molar-refractivity contribution in [3.63, 3.8) is 0 Å². The number of ether oxygens (including phenoxy) is 1. The third-order valence-electron chi connectivity index (χ3n) is 5.13. The maximum absolute atomic E-state index is 14.6. The molecular weight excluding hydrogens is 508 g/mol. The van der Waals surface area contributed by atoms with Crippen LogP contribution in [0.3, 0.4) is 0 Å². The van der Waals surface area contributed by atoms with Crippen LogP contribution in [0.1, 0.15) is 57.8 Å². The summed E-state index contributed by atoms with van der Waals surface area (Å²) >= 11 is 3.30. The summed E-state index contributed by atoms with van der Waals surface area (Å²) in [5, 5.41) is 10.3. The molecule has 5 nitrogen and oxygen atoms in total. The summed E-state index contributed by atoms with van der Waals surface area (Å²) in [7, 11) is 0. The molecule has 0 saturated carbocycles. The minimum absolute atomic E-state index is 0.0707. The molecule has 0 unspecified atom stereocenters. The molecule has 0 amide bonds. The van der Waals surface area contributed by atoms with Crippen molar-refractivity contribution >= 4 is 27.7 Å². The first-order chi connectivity index (χ1) is 16.3. The monoisotopic (exact) mass is 535 g/mol. The number of aryl methyl sites for hydroxylation is 1. The summed E-state index contributed by atoms with van der Waals surface area (Å²) in [5.74, 6) is -3.36. The van der Waals surface area contributed by atoms with E-state index in [0.29, 0.717) is 18.8 Å². The summed E-state index contributed by atoms with van der Waals surface area (Å²) in [6.07, 6.45) is 2.73. The molecule has 0 fully saturated rings. The summed E-state index contributed by atoms with van der Waals surface area (Å²) in [6.45, 7) is 6.63. The van der Waals surface area contributed by atoms with Gasteiger partial charge in [-0.05, 0) is 43.0 Å².